The van der Waals surface area contributed by atoms with Gasteiger partial charge in [-0.25, -0.2) is 0 Å². The zero-order valence-corrected chi connectivity index (χ0v) is 5.70. The van der Waals surface area contributed by atoms with Crippen LogP contribution in [0.2, 0.25) is 0 Å². The molecule has 0 bridgehead atoms. The van der Waals surface area contributed by atoms with Crippen LogP contribution >= 0.6 is 0 Å². The molecule has 0 saturated carbocycles. The van der Waals surface area contributed by atoms with Crippen LogP contribution in [0.1, 0.15) is 5.56 Å². The lowest BCUT2D eigenvalue weighted by molar-refractivity contribution is 1.38. The summed E-state index contributed by atoms with van der Waals surface area (Å²) in [5.74, 6) is 0. The lowest BCUT2D eigenvalue weighted by Gasteiger charge is -1.89. The normalized spacial score (nSPS) is 9.73. The van der Waals surface area contributed by atoms with Gasteiger partial charge < -0.3 is 4.98 Å². The number of hydrogen-bond acceptors (Lipinski definition) is 2. The molecule has 2 aromatic heterocycles. The number of aromatic nitrogens is 2. The van der Waals surface area contributed by atoms with Gasteiger partial charge in [0.1, 0.15) is 6.07 Å². The van der Waals surface area contributed by atoms with Crippen molar-refractivity contribution >= 4 is 11.0 Å². The molecule has 0 aromatic carbocycles. The minimum Gasteiger partial charge on any atom is -0.359 e. The summed E-state index contributed by atoms with van der Waals surface area (Å²) in [6.45, 7) is 0. The second-order valence-corrected chi connectivity index (χ2v) is 2.21. The Kier molecular flexibility index (Phi) is 1.13. The van der Waals surface area contributed by atoms with Gasteiger partial charge in [-0.1, -0.05) is 0 Å². The molecule has 0 atom stereocenters. The summed E-state index contributed by atoms with van der Waals surface area (Å²) < 4.78 is 0. The molecule has 0 spiro atoms. The average molecular weight is 143 g/mol. The predicted octanol–water partition coefficient (Wildman–Crippen LogP) is 1.43. The molecular formula is C8H5N3. The number of nitriles is 1. The molecule has 3 nitrogen and oxygen atoms in total. The van der Waals surface area contributed by atoms with E-state index in [-0.39, 0.29) is 0 Å². The van der Waals surface area contributed by atoms with Gasteiger partial charge in [0.15, 0.2) is 0 Å². The fourth-order valence-corrected chi connectivity index (χ4v) is 1.05. The van der Waals surface area contributed by atoms with E-state index in [0.29, 0.717) is 5.56 Å². The third kappa shape index (κ3) is 0.767. The van der Waals surface area contributed by atoms with Crippen LogP contribution in [0.3, 0.4) is 0 Å². The summed E-state index contributed by atoms with van der Waals surface area (Å²) in [6.07, 6.45) is 3.41. The molecular weight excluding hydrogens is 138 g/mol. The van der Waals surface area contributed by atoms with E-state index in [9.17, 15) is 0 Å². The van der Waals surface area contributed by atoms with Crippen molar-refractivity contribution < 1.29 is 0 Å². The fourth-order valence-electron chi connectivity index (χ4n) is 1.05. The molecule has 0 aliphatic carbocycles. The summed E-state index contributed by atoms with van der Waals surface area (Å²) in [6, 6.07) is 5.62. The maximum absolute atomic E-state index is 8.66. The van der Waals surface area contributed by atoms with E-state index in [2.05, 4.69) is 16.0 Å². The summed E-state index contributed by atoms with van der Waals surface area (Å²) in [5.41, 5.74) is 2.29. The second-order valence-electron chi connectivity index (χ2n) is 2.21. The van der Waals surface area contributed by atoms with E-state index in [1.807, 2.05) is 6.07 Å². The first-order valence-corrected chi connectivity index (χ1v) is 3.24. The van der Waals surface area contributed by atoms with Gasteiger partial charge in [0.25, 0.3) is 0 Å². The van der Waals surface area contributed by atoms with Crippen LogP contribution in [0, 0.1) is 11.3 Å². The number of rotatable bonds is 0. The van der Waals surface area contributed by atoms with Gasteiger partial charge >= 0.3 is 0 Å². The van der Waals surface area contributed by atoms with Crippen molar-refractivity contribution in [2.45, 2.75) is 0 Å². The van der Waals surface area contributed by atoms with Gasteiger partial charge in [-0.3, -0.25) is 4.98 Å². The molecule has 11 heavy (non-hydrogen) atoms. The number of H-pyrrole nitrogens is 1. The third-order valence-corrected chi connectivity index (χ3v) is 1.57. The molecule has 2 heterocycles. The van der Waals surface area contributed by atoms with Crippen molar-refractivity contribution in [3.05, 3.63) is 30.1 Å². The highest BCUT2D eigenvalue weighted by atomic mass is 14.8. The quantitative estimate of drug-likeness (QED) is 0.606. The molecule has 0 saturated heterocycles. The molecule has 0 aliphatic rings. The van der Waals surface area contributed by atoms with Gasteiger partial charge in [-0.05, 0) is 12.1 Å². The monoisotopic (exact) mass is 143 g/mol. The highest BCUT2D eigenvalue weighted by molar-refractivity contribution is 5.80. The minimum absolute atomic E-state index is 0.639. The Labute approximate surface area is 63.3 Å². The summed E-state index contributed by atoms with van der Waals surface area (Å²) >= 11 is 0. The van der Waals surface area contributed by atoms with Crippen molar-refractivity contribution in [2.75, 3.05) is 0 Å². The van der Waals surface area contributed by atoms with E-state index in [0.717, 1.165) is 11.0 Å². The van der Waals surface area contributed by atoms with E-state index in [1.165, 1.54) is 0 Å². The van der Waals surface area contributed by atoms with Crippen molar-refractivity contribution in [1.82, 2.24) is 9.97 Å². The Morgan fingerprint density at radius 1 is 1.45 bits per heavy atom. The Bertz CT molecular complexity index is 422. The smallest absolute Gasteiger partial charge is 0.101 e. The molecule has 0 amide bonds. The molecule has 2 aromatic rings. The van der Waals surface area contributed by atoms with E-state index >= 15 is 0 Å². The highest BCUT2D eigenvalue weighted by Crippen LogP contribution is 2.12. The molecule has 0 unspecified atom stereocenters. The Hall–Kier alpha value is -1.82. The Balaban J connectivity index is 2.92. The van der Waals surface area contributed by atoms with Crippen LogP contribution in [0.15, 0.2) is 24.5 Å². The molecule has 3 heteroatoms. The molecule has 52 valence electrons. The number of hydrogen-bond donors (Lipinski definition) is 1. The standard InChI is InChI=1S/C8H5N3/c9-5-6-1-3-10-7-2-4-11-8(6)7/h1-4,11H. The third-order valence-electron chi connectivity index (χ3n) is 1.57. The number of nitrogens with zero attached hydrogens (tertiary/aromatic N) is 2. The summed E-state index contributed by atoms with van der Waals surface area (Å²) in [5, 5.41) is 8.66. The molecule has 0 aliphatic heterocycles. The predicted molar refractivity (Wildman–Crippen MR) is 40.8 cm³/mol. The van der Waals surface area contributed by atoms with Crippen molar-refractivity contribution in [2.24, 2.45) is 0 Å². The molecule has 0 radical (unpaired) electrons. The number of nitrogens with one attached hydrogen (secondary N) is 1. The first kappa shape index (κ1) is 5.93. The minimum atomic E-state index is 0.639. The number of fused-ring (bicyclic) bond motifs is 1. The van der Waals surface area contributed by atoms with Crippen LogP contribution in [0.25, 0.3) is 11.0 Å². The molecule has 2 rings (SSSR count). The SMILES string of the molecule is N#Cc1ccnc2cc[nH]c12. The lowest BCUT2D eigenvalue weighted by Crippen LogP contribution is -1.79. The van der Waals surface area contributed by atoms with Gasteiger partial charge in [0.2, 0.25) is 0 Å². The van der Waals surface area contributed by atoms with E-state index in [4.69, 9.17) is 5.26 Å². The summed E-state index contributed by atoms with van der Waals surface area (Å²) in [4.78, 5) is 7.02. The first-order valence-electron chi connectivity index (χ1n) is 3.24. The largest absolute Gasteiger partial charge is 0.359 e. The van der Waals surface area contributed by atoms with E-state index in [1.54, 1.807) is 18.5 Å². The number of pyridine rings is 1. The van der Waals surface area contributed by atoms with Crippen LogP contribution in [-0.2, 0) is 0 Å². The maximum Gasteiger partial charge on any atom is 0.101 e. The van der Waals surface area contributed by atoms with Crippen LogP contribution in [0.5, 0.6) is 0 Å². The molecule has 0 fully saturated rings. The molecule has 1 N–H and O–H groups in total. The topological polar surface area (TPSA) is 52.5 Å². The average Bonchev–Trinajstić information content (AvgIpc) is 2.50. The van der Waals surface area contributed by atoms with Crippen molar-refractivity contribution in [1.29, 1.82) is 5.26 Å². The fraction of sp³-hybridized carbons (Fsp3) is 0. The van der Waals surface area contributed by atoms with Gasteiger partial charge in [0.05, 0.1) is 16.6 Å². The maximum atomic E-state index is 8.66. The summed E-state index contributed by atoms with van der Waals surface area (Å²) in [7, 11) is 0. The van der Waals surface area contributed by atoms with Crippen LogP contribution in [0.4, 0.5) is 0 Å². The Morgan fingerprint density at radius 3 is 3.18 bits per heavy atom. The zero-order valence-electron chi connectivity index (χ0n) is 5.70. The van der Waals surface area contributed by atoms with Gasteiger partial charge in [-0.2, -0.15) is 5.26 Å². The first-order chi connectivity index (χ1) is 5.42. The number of aromatic amines is 1. The van der Waals surface area contributed by atoms with Crippen LogP contribution < -0.4 is 0 Å². The van der Waals surface area contributed by atoms with Crippen molar-refractivity contribution in [3.8, 4) is 6.07 Å². The Morgan fingerprint density at radius 2 is 2.36 bits per heavy atom. The van der Waals surface area contributed by atoms with Crippen LogP contribution in [-0.4, -0.2) is 9.97 Å². The van der Waals surface area contributed by atoms with Crippen molar-refractivity contribution in [3.63, 3.8) is 0 Å². The van der Waals surface area contributed by atoms with E-state index < -0.39 is 0 Å². The highest BCUT2D eigenvalue weighted by Gasteiger charge is 1.99. The zero-order chi connectivity index (χ0) is 7.68. The second kappa shape index (κ2) is 2.10. The van der Waals surface area contributed by atoms with Gasteiger partial charge in [-0.15, -0.1) is 0 Å². The lowest BCUT2D eigenvalue weighted by atomic mass is 10.2. The van der Waals surface area contributed by atoms with Gasteiger partial charge in [0, 0.05) is 12.4 Å².